The van der Waals surface area contributed by atoms with Crippen LogP contribution in [-0.4, -0.2) is 59.7 Å². The van der Waals surface area contributed by atoms with Gasteiger partial charge in [-0.15, -0.1) is 0 Å². The number of halogens is 1. The number of carbonyl (C=O) groups excluding carboxylic acids is 1. The van der Waals surface area contributed by atoms with E-state index in [0.29, 0.717) is 48.5 Å². The van der Waals surface area contributed by atoms with Gasteiger partial charge < -0.3 is 10.1 Å². The van der Waals surface area contributed by atoms with Gasteiger partial charge in [0.05, 0.1) is 47.3 Å². The molecule has 180 valence electrons. The lowest BCUT2D eigenvalue weighted by Crippen LogP contribution is -2.40. The number of hydrogen-bond acceptors (Lipinski definition) is 6. The number of ether oxygens (including phenoxy) is 1. The summed E-state index contributed by atoms with van der Waals surface area (Å²) in [5, 5.41) is 7.78. The maximum absolute atomic E-state index is 13.3. The Kier molecular flexibility index (Phi) is 6.29. The second-order valence-electron chi connectivity index (χ2n) is 8.00. The van der Waals surface area contributed by atoms with Crippen LogP contribution in [0.15, 0.2) is 72.0 Å². The second kappa shape index (κ2) is 9.53. The minimum atomic E-state index is -3.57. The van der Waals surface area contributed by atoms with Crippen LogP contribution in [0.1, 0.15) is 15.9 Å². The van der Waals surface area contributed by atoms with Gasteiger partial charge in [-0.05, 0) is 42.0 Å². The first-order valence-electron chi connectivity index (χ1n) is 11.0. The molecule has 5 rings (SSSR count). The molecule has 0 aliphatic carbocycles. The number of fused-ring (bicyclic) bond motifs is 1. The molecule has 0 spiro atoms. The molecule has 1 aliphatic rings. The van der Waals surface area contributed by atoms with Crippen molar-refractivity contribution in [2.45, 2.75) is 11.4 Å². The van der Waals surface area contributed by atoms with Crippen molar-refractivity contribution >= 4 is 26.8 Å². The smallest absolute Gasteiger partial charge is 0.253 e. The number of morpholine rings is 1. The van der Waals surface area contributed by atoms with Gasteiger partial charge in [0.25, 0.3) is 5.91 Å². The van der Waals surface area contributed by atoms with Crippen molar-refractivity contribution in [1.82, 2.24) is 24.4 Å². The number of aromatic nitrogens is 3. The highest BCUT2D eigenvalue weighted by atomic mass is 32.2. The average Bonchev–Trinajstić information content (AvgIpc) is 3.33. The van der Waals surface area contributed by atoms with Crippen LogP contribution < -0.4 is 5.32 Å². The Morgan fingerprint density at radius 3 is 2.43 bits per heavy atom. The molecule has 1 amide bonds. The van der Waals surface area contributed by atoms with E-state index in [0.717, 1.165) is 5.56 Å². The van der Waals surface area contributed by atoms with Crippen LogP contribution in [0.4, 0.5) is 4.39 Å². The molecule has 1 N–H and O–H groups in total. The first-order valence-corrected chi connectivity index (χ1v) is 12.4. The number of pyridine rings is 1. The zero-order valence-electron chi connectivity index (χ0n) is 18.6. The SMILES string of the molecule is O=C(NCc1ccc(S(=O)(=O)N2CCOCC2)cc1)c1cncc2c1cnn2-c1ccc(F)cc1. The summed E-state index contributed by atoms with van der Waals surface area (Å²) in [6.07, 6.45) is 4.63. The predicted octanol–water partition coefficient (Wildman–Crippen LogP) is 2.51. The predicted molar refractivity (Wildman–Crippen MR) is 126 cm³/mol. The molecular weight excluding hydrogens is 473 g/mol. The fraction of sp³-hybridized carbons (Fsp3) is 0.208. The average molecular weight is 496 g/mol. The van der Waals surface area contributed by atoms with E-state index in [-0.39, 0.29) is 23.2 Å². The Morgan fingerprint density at radius 2 is 1.71 bits per heavy atom. The van der Waals surface area contributed by atoms with E-state index in [1.807, 2.05) is 0 Å². The van der Waals surface area contributed by atoms with E-state index >= 15 is 0 Å². The van der Waals surface area contributed by atoms with Crippen LogP contribution in [0.5, 0.6) is 0 Å². The molecule has 3 heterocycles. The van der Waals surface area contributed by atoms with Gasteiger partial charge in [-0.1, -0.05) is 12.1 Å². The topological polar surface area (TPSA) is 106 Å². The maximum Gasteiger partial charge on any atom is 0.253 e. The van der Waals surface area contributed by atoms with Crippen LogP contribution in [0, 0.1) is 5.82 Å². The summed E-state index contributed by atoms with van der Waals surface area (Å²) in [6.45, 7) is 1.63. The molecule has 0 unspecified atom stereocenters. The summed E-state index contributed by atoms with van der Waals surface area (Å²) in [6, 6.07) is 12.3. The highest BCUT2D eigenvalue weighted by Gasteiger charge is 2.26. The van der Waals surface area contributed by atoms with Crippen molar-refractivity contribution < 1.29 is 22.3 Å². The lowest BCUT2D eigenvalue weighted by molar-refractivity contribution is 0.0730. The van der Waals surface area contributed by atoms with E-state index in [9.17, 15) is 17.6 Å². The first kappa shape index (κ1) is 23.1. The van der Waals surface area contributed by atoms with Gasteiger partial charge >= 0.3 is 0 Å². The number of rotatable bonds is 6. The van der Waals surface area contributed by atoms with Crippen LogP contribution in [0.25, 0.3) is 16.6 Å². The molecule has 1 aliphatic heterocycles. The number of benzene rings is 2. The van der Waals surface area contributed by atoms with Gasteiger partial charge in [-0.25, -0.2) is 17.5 Å². The first-order chi connectivity index (χ1) is 16.9. The lowest BCUT2D eigenvalue weighted by Gasteiger charge is -2.26. The summed E-state index contributed by atoms with van der Waals surface area (Å²) >= 11 is 0. The van der Waals surface area contributed by atoms with Crippen LogP contribution in [0.2, 0.25) is 0 Å². The van der Waals surface area contributed by atoms with E-state index in [4.69, 9.17) is 4.74 Å². The normalized spacial score (nSPS) is 14.8. The number of nitrogens with one attached hydrogen (secondary N) is 1. The molecule has 1 saturated heterocycles. The summed E-state index contributed by atoms with van der Waals surface area (Å²) in [4.78, 5) is 17.3. The third kappa shape index (κ3) is 4.65. The highest BCUT2D eigenvalue weighted by molar-refractivity contribution is 7.89. The van der Waals surface area contributed by atoms with Crippen molar-refractivity contribution in [3.05, 3.63) is 84.1 Å². The molecule has 11 heteroatoms. The Morgan fingerprint density at radius 1 is 1.00 bits per heavy atom. The van der Waals surface area contributed by atoms with Crippen LogP contribution in [-0.2, 0) is 21.3 Å². The molecule has 2 aromatic heterocycles. The summed E-state index contributed by atoms with van der Waals surface area (Å²) in [5.41, 5.74) is 2.36. The number of amides is 1. The number of sulfonamides is 1. The summed E-state index contributed by atoms with van der Waals surface area (Å²) in [7, 11) is -3.57. The Bertz CT molecular complexity index is 1460. The van der Waals surface area contributed by atoms with Crippen molar-refractivity contribution in [2.75, 3.05) is 26.3 Å². The van der Waals surface area contributed by atoms with Crippen molar-refractivity contribution in [2.24, 2.45) is 0 Å². The molecule has 1 fully saturated rings. The molecule has 2 aromatic carbocycles. The van der Waals surface area contributed by atoms with Gasteiger partial charge in [-0.3, -0.25) is 9.78 Å². The fourth-order valence-corrected chi connectivity index (χ4v) is 5.31. The van der Waals surface area contributed by atoms with Gasteiger partial charge in [-0.2, -0.15) is 9.40 Å². The van der Waals surface area contributed by atoms with Gasteiger partial charge in [0.1, 0.15) is 5.82 Å². The molecule has 35 heavy (non-hydrogen) atoms. The summed E-state index contributed by atoms with van der Waals surface area (Å²) < 4.78 is 47.0. The zero-order chi connectivity index (χ0) is 24.4. The Hall–Kier alpha value is -3.67. The van der Waals surface area contributed by atoms with Crippen LogP contribution >= 0.6 is 0 Å². The standard InChI is InChI=1S/C24H22FN5O4S/c25-18-3-5-19(6-4-18)30-23-16-26-14-22(21(23)15-28-30)24(31)27-13-17-1-7-20(8-2-17)35(32,33)29-9-11-34-12-10-29/h1-8,14-16H,9-13H2,(H,27,31). The van der Waals surface area contributed by atoms with Crippen LogP contribution in [0.3, 0.4) is 0 Å². The molecule has 0 saturated carbocycles. The van der Waals surface area contributed by atoms with Gasteiger partial charge in [0.2, 0.25) is 10.0 Å². The molecule has 0 atom stereocenters. The number of carbonyl (C=O) groups is 1. The molecule has 9 nitrogen and oxygen atoms in total. The van der Waals surface area contributed by atoms with E-state index in [2.05, 4.69) is 15.4 Å². The minimum absolute atomic E-state index is 0.205. The van der Waals surface area contributed by atoms with Crippen molar-refractivity contribution in [3.8, 4) is 5.69 Å². The van der Waals surface area contributed by atoms with E-state index in [1.165, 1.54) is 22.6 Å². The van der Waals surface area contributed by atoms with Gasteiger partial charge in [0, 0.05) is 31.2 Å². The van der Waals surface area contributed by atoms with E-state index < -0.39 is 10.0 Å². The summed E-state index contributed by atoms with van der Waals surface area (Å²) in [5.74, 6) is -0.693. The molecule has 0 radical (unpaired) electrons. The monoisotopic (exact) mass is 495 g/mol. The van der Waals surface area contributed by atoms with Gasteiger partial charge in [0.15, 0.2) is 0 Å². The third-order valence-corrected chi connectivity index (χ3v) is 7.71. The quantitative estimate of drug-likeness (QED) is 0.441. The minimum Gasteiger partial charge on any atom is -0.379 e. The lowest BCUT2D eigenvalue weighted by atomic mass is 10.1. The molecule has 0 bridgehead atoms. The largest absolute Gasteiger partial charge is 0.379 e. The maximum atomic E-state index is 13.3. The fourth-order valence-electron chi connectivity index (χ4n) is 3.90. The second-order valence-corrected chi connectivity index (χ2v) is 9.93. The van der Waals surface area contributed by atoms with Crippen molar-refractivity contribution in [1.29, 1.82) is 0 Å². The van der Waals surface area contributed by atoms with Crippen molar-refractivity contribution in [3.63, 3.8) is 0 Å². The third-order valence-electron chi connectivity index (χ3n) is 5.80. The Balaban J connectivity index is 1.30. The molecular formula is C24H22FN5O4S. The molecule has 4 aromatic rings. The Labute approximate surface area is 201 Å². The zero-order valence-corrected chi connectivity index (χ0v) is 19.4. The van der Waals surface area contributed by atoms with E-state index in [1.54, 1.807) is 53.5 Å². The number of hydrogen-bond donors (Lipinski definition) is 1. The number of nitrogens with zero attached hydrogens (tertiary/aromatic N) is 4. The highest BCUT2D eigenvalue weighted by Crippen LogP contribution is 2.22.